The van der Waals surface area contributed by atoms with Gasteiger partial charge < -0.3 is 15.9 Å². The van der Waals surface area contributed by atoms with Gasteiger partial charge >= 0.3 is 5.97 Å². The van der Waals surface area contributed by atoms with Crippen LogP contribution >= 0.6 is 0 Å². The monoisotopic (exact) mass is 182 g/mol. The van der Waals surface area contributed by atoms with Crippen LogP contribution < -0.4 is 5.73 Å². The van der Waals surface area contributed by atoms with Crippen LogP contribution in [0.4, 0.5) is 0 Å². The minimum atomic E-state index is -0.976. The molecule has 1 unspecified atom stereocenters. The van der Waals surface area contributed by atoms with E-state index in [1.165, 1.54) is 18.5 Å². The Bertz CT molecular complexity index is 314. The molecule has 0 aliphatic heterocycles. The van der Waals surface area contributed by atoms with Crippen LogP contribution in [0.15, 0.2) is 18.5 Å². The van der Waals surface area contributed by atoms with Gasteiger partial charge in [-0.1, -0.05) is 0 Å². The Balaban J connectivity index is 2.76. The molecule has 13 heavy (non-hydrogen) atoms. The van der Waals surface area contributed by atoms with Gasteiger partial charge in [-0.15, -0.1) is 0 Å². The van der Waals surface area contributed by atoms with E-state index in [1.807, 2.05) is 0 Å². The minimum Gasteiger partial charge on any atom is -0.506 e. The standard InChI is InChI=1S/C8H10N2O3/c9-7(2-8(12)13)5-1-6(11)4-10-3-5/h1,3-4,7,11H,2,9H2,(H,12,13). The van der Waals surface area contributed by atoms with Crippen molar-refractivity contribution in [3.05, 3.63) is 24.0 Å². The minimum absolute atomic E-state index is 0.0154. The maximum atomic E-state index is 10.3. The summed E-state index contributed by atoms with van der Waals surface area (Å²) < 4.78 is 0. The molecule has 1 aromatic rings. The molecule has 0 saturated heterocycles. The number of nitrogens with two attached hydrogens (primary N) is 1. The summed E-state index contributed by atoms with van der Waals surface area (Å²) in [6.45, 7) is 0. The quantitative estimate of drug-likeness (QED) is 0.623. The second kappa shape index (κ2) is 3.86. The van der Waals surface area contributed by atoms with Gasteiger partial charge in [-0.05, 0) is 11.6 Å². The predicted octanol–water partition coefficient (Wildman–Crippen LogP) is 0.262. The van der Waals surface area contributed by atoms with E-state index in [4.69, 9.17) is 15.9 Å². The average Bonchev–Trinajstić information content (AvgIpc) is 2.03. The number of hydrogen-bond donors (Lipinski definition) is 3. The fourth-order valence-electron chi connectivity index (χ4n) is 0.954. The molecule has 1 atom stereocenters. The topological polar surface area (TPSA) is 96.4 Å². The Morgan fingerprint density at radius 3 is 2.85 bits per heavy atom. The van der Waals surface area contributed by atoms with E-state index >= 15 is 0 Å². The molecular weight excluding hydrogens is 172 g/mol. The lowest BCUT2D eigenvalue weighted by Crippen LogP contribution is -2.14. The third kappa shape index (κ3) is 2.72. The summed E-state index contributed by atoms with van der Waals surface area (Å²) in [5.41, 5.74) is 6.05. The fraction of sp³-hybridized carbons (Fsp3) is 0.250. The summed E-state index contributed by atoms with van der Waals surface area (Å²) in [5, 5.41) is 17.5. The molecular formula is C8H10N2O3. The number of aromatic hydroxyl groups is 1. The lowest BCUT2D eigenvalue weighted by Gasteiger charge is -2.08. The van der Waals surface area contributed by atoms with Gasteiger partial charge in [0.2, 0.25) is 0 Å². The van der Waals surface area contributed by atoms with Gasteiger partial charge in [0.25, 0.3) is 0 Å². The second-order valence-corrected chi connectivity index (χ2v) is 2.68. The second-order valence-electron chi connectivity index (χ2n) is 2.68. The van der Waals surface area contributed by atoms with Gasteiger partial charge in [0.05, 0.1) is 12.6 Å². The summed E-state index contributed by atoms with van der Waals surface area (Å²) >= 11 is 0. The highest BCUT2D eigenvalue weighted by molar-refractivity contribution is 5.67. The Kier molecular flexibility index (Phi) is 2.81. The van der Waals surface area contributed by atoms with Gasteiger partial charge in [0, 0.05) is 12.2 Å². The number of hydrogen-bond acceptors (Lipinski definition) is 4. The van der Waals surface area contributed by atoms with Crippen molar-refractivity contribution < 1.29 is 15.0 Å². The molecule has 0 bridgehead atoms. The smallest absolute Gasteiger partial charge is 0.305 e. The first-order valence-corrected chi connectivity index (χ1v) is 3.71. The van der Waals surface area contributed by atoms with E-state index in [0.29, 0.717) is 5.56 Å². The zero-order valence-electron chi connectivity index (χ0n) is 6.84. The Labute approximate surface area is 74.8 Å². The molecule has 5 heteroatoms. The number of carboxylic acid groups (broad SMARTS) is 1. The normalized spacial score (nSPS) is 12.4. The van der Waals surface area contributed by atoms with Crippen molar-refractivity contribution in [2.75, 3.05) is 0 Å². The molecule has 0 fully saturated rings. The number of carbonyl (C=O) groups is 1. The van der Waals surface area contributed by atoms with Gasteiger partial charge in [-0.25, -0.2) is 0 Å². The number of carboxylic acids is 1. The maximum absolute atomic E-state index is 10.3. The summed E-state index contributed by atoms with van der Waals surface area (Å²) in [7, 11) is 0. The number of aromatic nitrogens is 1. The van der Waals surface area contributed by atoms with Crippen molar-refractivity contribution in [2.45, 2.75) is 12.5 Å². The van der Waals surface area contributed by atoms with Crippen LogP contribution in [0.2, 0.25) is 0 Å². The van der Waals surface area contributed by atoms with Crippen molar-refractivity contribution in [3.8, 4) is 5.75 Å². The van der Waals surface area contributed by atoms with E-state index in [9.17, 15) is 4.79 Å². The highest BCUT2D eigenvalue weighted by Gasteiger charge is 2.10. The lowest BCUT2D eigenvalue weighted by molar-refractivity contribution is -0.137. The largest absolute Gasteiger partial charge is 0.506 e. The van der Waals surface area contributed by atoms with Crippen LogP contribution in [0.5, 0.6) is 5.75 Å². The van der Waals surface area contributed by atoms with Crippen molar-refractivity contribution in [3.63, 3.8) is 0 Å². The van der Waals surface area contributed by atoms with E-state index < -0.39 is 12.0 Å². The molecule has 4 N–H and O–H groups in total. The van der Waals surface area contributed by atoms with Crippen molar-refractivity contribution in [1.82, 2.24) is 4.98 Å². The Morgan fingerprint density at radius 2 is 2.31 bits per heavy atom. The first kappa shape index (κ1) is 9.47. The van der Waals surface area contributed by atoms with Crippen LogP contribution in [0.3, 0.4) is 0 Å². The van der Waals surface area contributed by atoms with Crippen LogP contribution in [0.25, 0.3) is 0 Å². The number of rotatable bonds is 3. The van der Waals surface area contributed by atoms with E-state index in [0.717, 1.165) is 0 Å². The Morgan fingerprint density at radius 1 is 1.62 bits per heavy atom. The molecule has 0 aromatic carbocycles. The molecule has 0 aliphatic carbocycles. The predicted molar refractivity (Wildman–Crippen MR) is 45.1 cm³/mol. The summed E-state index contributed by atoms with van der Waals surface area (Å²) in [6.07, 6.45) is 2.52. The molecule has 0 radical (unpaired) electrons. The van der Waals surface area contributed by atoms with E-state index in [1.54, 1.807) is 0 Å². The van der Waals surface area contributed by atoms with Crippen LogP contribution in [-0.4, -0.2) is 21.2 Å². The maximum Gasteiger partial charge on any atom is 0.305 e. The molecule has 0 spiro atoms. The van der Waals surface area contributed by atoms with Gasteiger partial charge in [-0.2, -0.15) is 0 Å². The van der Waals surface area contributed by atoms with Gasteiger partial charge in [0.1, 0.15) is 5.75 Å². The summed E-state index contributed by atoms with van der Waals surface area (Å²) in [4.78, 5) is 14.0. The highest BCUT2D eigenvalue weighted by atomic mass is 16.4. The zero-order chi connectivity index (χ0) is 9.84. The first-order valence-electron chi connectivity index (χ1n) is 3.71. The number of nitrogens with zero attached hydrogens (tertiary/aromatic N) is 1. The lowest BCUT2D eigenvalue weighted by atomic mass is 10.1. The summed E-state index contributed by atoms with van der Waals surface area (Å²) in [5.74, 6) is -0.991. The molecule has 1 rings (SSSR count). The van der Waals surface area contributed by atoms with E-state index in [2.05, 4.69) is 4.98 Å². The first-order chi connectivity index (χ1) is 6.09. The third-order valence-electron chi connectivity index (χ3n) is 1.57. The fourth-order valence-corrected chi connectivity index (χ4v) is 0.954. The Hall–Kier alpha value is -1.62. The number of aliphatic carboxylic acids is 1. The van der Waals surface area contributed by atoms with Crippen LogP contribution in [-0.2, 0) is 4.79 Å². The van der Waals surface area contributed by atoms with Crippen molar-refractivity contribution in [1.29, 1.82) is 0 Å². The molecule has 1 heterocycles. The van der Waals surface area contributed by atoms with Crippen LogP contribution in [0.1, 0.15) is 18.0 Å². The summed E-state index contributed by atoms with van der Waals surface area (Å²) in [6, 6.07) is 0.776. The van der Waals surface area contributed by atoms with E-state index in [-0.39, 0.29) is 12.2 Å². The SMILES string of the molecule is NC(CC(=O)O)c1cncc(O)c1. The zero-order valence-corrected chi connectivity index (χ0v) is 6.84. The van der Waals surface area contributed by atoms with Gasteiger partial charge in [0.15, 0.2) is 0 Å². The van der Waals surface area contributed by atoms with Crippen molar-refractivity contribution >= 4 is 5.97 Å². The molecule has 0 saturated carbocycles. The van der Waals surface area contributed by atoms with Crippen molar-refractivity contribution in [2.24, 2.45) is 5.73 Å². The van der Waals surface area contributed by atoms with Crippen LogP contribution in [0, 0.1) is 0 Å². The highest BCUT2D eigenvalue weighted by Crippen LogP contribution is 2.16. The number of pyridine rings is 1. The van der Waals surface area contributed by atoms with Gasteiger partial charge in [-0.3, -0.25) is 9.78 Å². The third-order valence-corrected chi connectivity index (χ3v) is 1.57. The molecule has 70 valence electrons. The molecule has 5 nitrogen and oxygen atoms in total. The molecule has 0 amide bonds. The molecule has 1 aromatic heterocycles. The average molecular weight is 182 g/mol. The molecule has 0 aliphatic rings.